The van der Waals surface area contributed by atoms with Gasteiger partial charge in [0.1, 0.15) is 6.04 Å². The summed E-state index contributed by atoms with van der Waals surface area (Å²) in [7, 11) is 0. The van der Waals surface area contributed by atoms with E-state index in [0.717, 1.165) is 22.6 Å². The second kappa shape index (κ2) is 10.3. The number of nitrogens with one attached hydrogen (secondary N) is 3. The van der Waals surface area contributed by atoms with E-state index >= 15 is 0 Å². The van der Waals surface area contributed by atoms with Crippen LogP contribution in [-0.2, 0) is 17.1 Å². The van der Waals surface area contributed by atoms with Gasteiger partial charge in [-0.2, -0.15) is 11.8 Å². The van der Waals surface area contributed by atoms with Crippen LogP contribution in [0.1, 0.15) is 21.5 Å². The molecular weight excluding hydrogens is 465 g/mol. The fourth-order valence-electron chi connectivity index (χ4n) is 3.27. The molecule has 1 aliphatic heterocycles. The Morgan fingerprint density at radius 3 is 2.25 bits per heavy atom. The van der Waals surface area contributed by atoms with Gasteiger partial charge in [0.2, 0.25) is 5.91 Å². The van der Waals surface area contributed by atoms with Gasteiger partial charge < -0.3 is 16.0 Å². The molecule has 32 heavy (non-hydrogen) atoms. The smallest absolute Gasteiger partial charge is 0.251 e. The number of amides is 2. The molecule has 0 spiro atoms. The van der Waals surface area contributed by atoms with Gasteiger partial charge in [0.05, 0.1) is 11.4 Å². The summed E-state index contributed by atoms with van der Waals surface area (Å²) in [6.07, 6.45) is 0. The first-order valence-electron chi connectivity index (χ1n) is 10.0. The minimum Gasteiger partial charge on any atom is -0.371 e. The third-order valence-electron chi connectivity index (χ3n) is 5.02. The number of carbonyl (C=O) groups is 2. The maximum absolute atomic E-state index is 12.5. The van der Waals surface area contributed by atoms with Crippen molar-refractivity contribution >= 4 is 58.2 Å². The summed E-state index contributed by atoms with van der Waals surface area (Å²) in [6.45, 7) is 0.393. The number of hydrogen-bond acceptors (Lipinski definition) is 4. The molecule has 3 N–H and O–H groups in total. The lowest BCUT2D eigenvalue weighted by Gasteiger charge is -2.27. The second-order valence-corrected chi connectivity index (χ2v) is 9.30. The van der Waals surface area contributed by atoms with Crippen molar-refractivity contribution in [3.63, 3.8) is 0 Å². The van der Waals surface area contributed by atoms with Gasteiger partial charge in [-0.25, -0.2) is 0 Å². The van der Waals surface area contributed by atoms with E-state index in [1.54, 1.807) is 36.0 Å². The molecule has 0 aliphatic carbocycles. The average Bonchev–Trinajstić information content (AvgIpc) is 2.80. The fraction of sp³-hybridized carbons (Fsp3) is 0.167. The lowest BCUT2D eigenvalue weighted by atomic mass is 10.1. The van der Waals surface area contributed by atoms with Gasteiger partial charge in [0, 0.05) is 33.7 Å². The van der Waals surface area contributed by atoms with E-state index in [-0.39, 0.29) is 17.9 Å². The summed E-state index contributed by atoms with van der Waals surface area (Å²) in [5, 5.41) is 10.4. The molecule has 8 heteroatoms. The van der Waals surface area contributed by atoms with Crippen LogP contribution in [0.15, 0.2) is 66.7 Å². The topological polar surface area (TPSA) is 70.2 Å². The molecule has 4 rings (SSSR count). The van der Waals surface area contributed by atoms with Gasteiger partial charge >= 0.3 is 0 Å². The lowest BCUT2D eigenvalue weighted by Crippen LogP contribution is -2.40. The Hall–Kier alpha value is -2.67. The molecule has 3 aromatic rings. The number of thioether (sulfide) groups is 1. The van der Waals surface area contributed by atoms with Crippen LogP contribution in [0.5, 0.6) is 0 Å². The number of benzene rings is 3. The number of halogens is 2. The van der Waals surface area contributed by atoms with Crippen molar-refractivity contribution in [1.29, 1.82) is 0 Å². The lowest BCUT2D eigenvalue weighted by molar-refractivity contribution is -0.116. The molecule has 5 nitrogen and oxygen atoms in total. The standard InChI is InChI=1S/C24H21Cl2N3O2S/c25-18-6-1-15(2-7-18)12-27-23(30)17-5-10-20-21(11-17)29-24(31)22(28-20)14-32-13-16-3-8-19(26)9-4-16/h1-11,22,28H,12-14H2,(H,27,30)(H,29,31). The summed E-state index contributed by atoms with van der Waals surface area (Å²) in [5.74, 6) is 1.09. The van der Waals surface area contributed by atoms with E-state index in [9.17, 15) is 9.59 Å². The van der Waals surface area contributed by atoms with E-state index in [1.165, 1.54) is 0 Å². The molecule has 2 amide bonds. The highest BCUT2D eigenvalue weighted by Gasteiger charge is 2.26. The van der Waals surface area contributed by atoms with Crippen molar-refractivity contribution in [3.05, 3.63) is 93.5 Å². The van der Waals surface area contributed by atoms with Crippen molar-refractivity contribution < 1.29 is 9.59 Å². The highest BCUT2D eigenvalue weighted by Crippen LogP contribution is 2.29. The largest absolute Gasteiger partial charge is 0.371 e. The second-order valence-electron chi connectivity index (χ2n) is 7.40. The molecule has 0 bridgehead atoms. The van der Waals surface area contributed by atoms with Crippen molar-refractivity contribution in [1.82, 2.24) is 5.32 Å². The van der Waals surface area contributed by atoms with Crippen molar-refractivity contribution in [2.45, 2.75) is 18.3 Å². The molecule has 1 atom stereocenters. The zero-order valence-corrected chi connectivity index (χ0v) is 19.4. The maximum Gasteiger partial charge on any atom is 0.251 e. The summed E-state index contributed by atoms with van der Waals surface area (Å²) < 4.78 is 0. The minimum absolute atomic E-state index is 0.111. The highest BCUT2D eigenvalue weighted by atomic mass is 35.5. The van der Waals surface area contributed by atoms with E-state index < -0.39 is 0 Å². The zero-order chi connectivity index (χ0) is 22.5. The number of hydrogen-bond donors (Lipinski definition) is 3. The first kappa shape index (κ1) is 22.5. The van der Waals surface area contributed by atoms with E-state index in [4.69, 9.17) is 23.2 Å². The van der Waals surface area contributed by atoms with E-state index in [2.05, 4.69) is 16.0 Å². The van der Waals surface area contributed by atoms with Gasteiger partial charge in [0.15, 0.2) is 0 Å². The fourth-order valence-corrected chi connectivity index (χ4v) is 4.54. The number of fused-ring (bicyclic) bond motifs is 1. The first-order valence-corrected chi connectivity index (χ1v) is 12.0. The van der Waals surface area contributed by atoms with Gasteiger partial charge in [-0.05, 0) is 53.6 Å². The Morgan fingerprint density at radius 1 is 0.906 bits per heavy atom. The number of anilines is 2. The molecule has 0 fully saturated rings. The highest BCUT2D eigenvalue weighted by molar-refractivity contribution is 7.98. The summed E-state index contributed by atoms with van der Waals surface area (Å²) in [5.41, 5.74) is 4.00. The molecule has 0 saturated heterocycles. The molecule has 0 radical (unpaired) electrons. The van der Waals surface area contributed by atoms with Gasteiger partial charge in [-0.15, -0.1) is 0 Å². The van der Waals surface area contributed by atoms with Crippen molar-refractivity contribution in [2.24, 2.45) is 0 Å². The third-order valence-corrected chi connectivity index (χ3v) is 6.63. The molecule has 1 aliphatic rings. The quantitative estimate of drug-likeness (QED) is 0.407. The average molecular weight is 486 g/mol. The normalized spacial score (nSPS) is 14.8. The van der Waals surface area contributed by atoms with E-state index in [1.807, 2.05) is 42.5 Å². The van der Waals surface area contributed by atoms with Crippen molar-refractivity contribution in [2.75, 3.05) is 16.4 Å². The van der Waals surface area contributed by atoms with Crippen molar-refractivity contribution in [3.8, 4) is 0 Å². The predicted octanol–water partition coefficient (Wildman–Crippen LogP) is 5.59. The molecule has 0 saturated carbocycles. The minimum atomic E-state index is -0.343. The molecule has 0 aromatic heterocycles. The first-order chi connectivity index (χ1) is 15.5. The molecular formula is C24H21Cl2N3O2S. The van der Waals surface area contributed by atoms with E-state index in [0.29, 0.717) is 33.6 Å². The van der Waals surface area contributed by atoms with Gasteiger partial charge in [0.25, 0.3) is 5.91 Å². The van der Waals surface area contributed by atoms with Crippen LogP contribution in [0.3, 0.4) is 0 Å². The molecule has 164 valence electrons. The van der Waals surface area contributed by atoms with Crippen LogP contribution in [0.4, 0.5) is 11.4 Å². The van der Waals surface area contributed by atoms with Crippen LogP contribution in [0, 0.1) is 0 Å². The Balaban J connectivity index is 1.32. The molecule has 1 heterocycles. The summed E-state index contributed by atoms with van der Waals surface area (Å²) in [6, 6.07) is 19.9. The predicted molar refractivity (Wildman–Crippen MR) is 133 cm³/mol. The number of rotatable bonds is 7. The SMILES string of the molecule is O=C(NCc1ccc(Cl)cc1)c1ccc2c(c1)NC(=O)C(CSCc1ccc(Cl)cc1)N2. The van der Waals surface area contributed by atoms with Crippen LogP contribution >= 0.6 is 35.0 Å². The summed E-state index contributed by atoms with van der Waals surface area (Å²) in [4.78, 5) is 25.1. The van der Waals surface area contributed by atoms with Crippen LogP contribution in [0.2, 0.25) is 10.0 Å². The molecule has 3 aromatic carbocycles. The maximum atomic E-state index is 12.5. The van der Waals surface area contributed by atoms with Crippen LogP contribution in [0.25, 0.3) is 0 Å². The van der Waals surface area contributed by atoms with Gasteiger partial charge in [-0.1, -0.05) is 47.5 Å². The zero-order valence-electron chi connectivity index (χ0n) is 17.0. The Bertz CT molecular complexity index is 1120. The van der Waals surface area contributed by atoms with Crippen LogP contribution < -0.4 is 16.0 Å². The Morgan fingerprint density at radius 2 is 1.56 bits per heavy atom. The van der Waals surface area contributed by atoms with Gasteiger partial charge in [-0.3, -0.25) is 9.59 Å². The Kier molecular flexibility index (Phi) is 7.25. The van der Waals surface area contributed by atoms with Crippen LogP contribution in [-0.4, -0.2) is 23.6 Å². The monoisotopic (exact) mass is 485 g/mol. The number of carbonyl (C=O) groups excluding carboxylic acids is 2. The molecule has 1 unspecified atom stereocenters. The Labute approximate surface area is 200 Å². The third kappa shape index (κ3) is 5.76. The summed E-state index contributed by atoms with van der Waals surface area (Å²) >= 11 is 13.5.